The summed E-state index contributed by atoms with van der Waals surface area (Å²) in [4.78, 5) is 19.1. The summed E-state index contributed by atoms with van der Waals surface area (Å²) in [7, 11) is 0. The lowest BCUT2D eigenvalue weighted by molar-refractivity contribution is 0.282. The van der Waals surface area contributed by atoms with Crippen LogP contribution in [0.1, 0.15) is 82.8 Å². The molecule has 4 rings (SSSR count). The van der Waals surface area contributed by atoms with Gasteiger partial charge in [-0.05, 0) is 37.7 Å². The van der Waals surface area contributed by atoms with Gasteiger partial charge in [0, 0.05) is 23.3 Å². The van der Waals surface area contributed by atoms with Gasteiger partial charge >= 0.3 is 0 Å². The maximum Gasteiger partial charge on any atom is 0.258 e. The van der Waals surface area contributed by atoms with Gasteiger partial charge in [-0.3, -0.25) is 9.36 Å². The number of thioether (sulfide) groups is 1. The van der Waals surface area contributed by atoms with Crippen LogP contribution in [-0.4, -0.2) is 15.3 Å². The first-order valence-electron chi connectivity index (χ1n) is 11.6. The fraction of sp³-hybridized carbons (Fsp3) is 0.600. The number of benzene rings is 1. The Morgan fingerprint density at radius 2 is 1.86 bits per heavy atom. The van der Waals surface area contributed by atoms with Gasteiger partial charge < -0.3 is 0 Å². The monoisotopic (exact) mass is 410 g/mol. The molecule has 1 spiro atoms. The largest absolute Gasteiger partial charge is 0.287 e. The lowest BCUT2D eigenvalue weighted by Crippen LogP contribution is -2.43. The van der Waals surface area contributed by atoms with Crippen molar-refractivity contribution in [2.45, 2.75) is 95.2 Å². The SMILES string of the molecule is CCCCCSc1nc2c(c(=O)n1CCC)C1(CCCCC1)Cc1ccccc1-2. The Morgan fingerprint density at radius 3 is 2.62 bits per heavy atom. The highest BCUT2D eigenvalue weighted by atomic mass is 32.2. The van der Waals surface area contributed by atoms with E-state index in [1.807, 2.05) is 4.57 Å². The number of hydrogen-bond donors (Lipinski definition) is 0. The van der Waals surface area contributed by atoms with E-state index >= 15 is 0 Å². The van der Waals surface area contributed by atoms with E-state index in [-0.39, 0.29) is 11.0 Å². The van der Waals surface area contributed by atoms with E-state index in [9.17, 15) is 4.79 Å². The number of unbranched alkanes of at least 4 members (excludes halogenated alkanes) is 2. The molecule has 29 heavy (non-hydrogen) atoms. The van der Waals surface area contributed by atoms with Crippen LogP contribution in [0.2, 0.25) is 0 Å². The van der Waals surface area contributed by atoms with Crippen LogP contribution in [0, 0.1) is 0 Å². The fourth-order valence-electron chi connectivity index (χ4n) is 5.27. The second-order valence-corrected chi connectivity index (χ2v) is 9.87. The average Bonchev–Trinajstić information content (AvgIpc) is 2.74. The summed E-state index contributed by atoms with van der Waals surface area (Å²) in [5.41, 5.74) is 4.82. The minimum Gasteiger partial charge on any atom is -0.287 e. The number of aromatic nitrogens is 2. The molecular formula is C25H34N2OS. The van der Waals surface area contributed by atoms with Gasteiger partial charge in [0.15, 0.2) is 5.16 Å². The summed E-state index contributed by atoms with van der Waals surface area (Å²) in [6, 6.07) is 8.65. The quantitative estimate of drug-likeness (QED) is 0.302. The van der Waals surface area contributed by atoms with Crippen LogP contribution in [0.15, 0.2) is 34.2 Å². The van der Waals surface area contributed by atoms with Crippen LogP contribution in [0.3, 0.4) is 0 Å². The number of nitrogens with zero attached hydrogens (tertiary/aromatic N) is 2. The third kappa shape index (κ3) is 3.93. The normalized spacial score (nSPS) is 17.2. The number of fused-ring (bicyclic) bond motifs is 4. The predicted molar refractivity (Wildman–Crippen MR) is 123 cm³/mol. The van der Waals surface area contributed by atoms with Crippen LogP contribution < -0.4 is 5.56 Å². The molecule has 3 nitrogen and oxygen atoms in total. The lowest BCUT2D eigenvalue weighted by Gasteiger charge is -2.42. The molecule has 2 aromatic rings. The van der Waals surface area contributed by atoms with Crippen LogP contribution >= 0.6 is 11.8 Å². The second-order valence-electron chi connectivity index (χ2n) is 8.81. The maximum absolute atomic E-state index is 13.9. The topological polar surface area (TPSA) is 34.9 Å². The molecule has 1 fully saturated rings. The van der Waals surface area contributed by atoms with Gasteiger partial charge in [0.25, 0.3) is 5.56 Å². The van der Waals surface area contributed by atoms with Crippen molar-refractivity contribution in [2.75, 3.05) is 5.75 Å². The Balaban J connectivity index is 1.87. The molecule has 4 heteroatoms. The fourth-order valence-corrected chi connectivity index (χ4v) is 6.29. The van der Waals surface area contributed by atoms with Crippen molar-refractivity contribution in [3.63, 3.8) is 0 Å². The zero-order valence-corrected chi connectivity index (χ0v) is 18.8. The predicted octanol–water partition coefficient (Wildman–Crippen LogP) is 6.36. The zero-order chi connectivity index (χ0) is 20.3. The Labute approximate surface area is 179 Å². The molecule has 2 aliphatic rings. The smallest absolute Gasteiger partial charge is 0.258 e. The minimum atomic E-state index is -0.00703. The van der Waals surface area contributed by atoms with E-state index in [1.165, 1.54) is 49.7 Å². The first kappa shape index (κ1) is 20.7. The molecule has 0 aliphatic heterocycles. The van der Waals surface area contributed by atoms with E-state index in [4.69, 9.17) is 4.98 Å². The highest BCUT2D eigenvalue weighted by Gasteiger charge is 2.43. The summed E-state index contributed by atoms with van der Waals surface area (Å²) in [6.45, 7) is 5.16. The Morgan fingerprint density at radius 1 is 1.07 bits per heavy atom. The van der Waals surface area contributed by atoms with E-state index < -0.39 is 0 Å². The van der Waals surface area contributed by atoms with Crippen LogP contribution in [-0.2, 0) is 18.4 Å². The van der Waals surface area contributed by atoms with Crippen molar-refractivity contribution in [3.05, 3.63) is 45.7 Å². The molecule has 156 valence electrons. The van der Waals surface area contributed by atoms with E-state index in [0.29, 0.717) is 0 Å². The molecule has 0 N–H and O–H groups in total. The molecule has 0 bridgehead atoms. The van der Waals surface area contributed by atoms with Gasteiger partial charge in [0.2, 0.25) is 0 Å². The molecule has 1 aromatic heterocycles. The Kier molecular flexibility index (Phi) is 6.48. The van der Waals surface area contributed by atoms with E-state index in [2.05, 4.69) is 38.1 Å². The third-order valence-corrected chi connectivity index (χ3v) is 7.77. The summed E-state index contributed by atoms with van der Waals surface area (Å²) in [6.07, 6.45) is 11.6. The molecule has 1 saturated carbocycles. The second kappa shape index (κ2) is 9.07. The standard InChI is InChI=1S/C25H34N2OS/c1-3-5-11-17-29-24-26-22-20-13-8-7-12-19(20)18-25(14-9-6-10-15-25)21(22)23(28)27(24)16-4-2/h7-8,12-13H,3-6,9-11,14-18H2,1-2H3. The highest BCUT2D eigenvalue weighted by Crippen LogP contribution is 2.48. The number of hydrogen-bond acceptors (Lipinski definition) is 3. The Hall–Kier alpha value is -1.55. The first-order valence-corrected chi connectivity index (χ1v) is 12.5. The molecule has 0 saturated heterocycles. The summed E-state index contributed by atoms with van der Waals surface area (Å²) in [5, 5.41) is 0.925. The zero-order valence-electron chi connectivity index (χ0n) is 18.0. The van der Waals surface area contributed by atoms with Crippen molar-refractivity contribution in [1.82, 2.24) is 9.55 Å². The van der Waals surface area contributed by atoms with Crippen LogP contribution in [0.25, 0.3) is 11.3 Å². The summed E-state index contributed by atoms with van der Waals surface area (Å²) >= 11 is 1.78. The highest BCUT2D eigenvalue weighted by molar-refractivity contribution is 7.99. The molecule has 0 amide bonds. The van der Waals surface area contributed by atoms with Gasteiger partial charge in [-0.15, -0.1) is 0 Å². The molecule has 1 aromatic carbocycles. The molecule has 2 aliphatic carbocycles. The van der Waals surface area contributed by atoms with Gasteiger partial charge in [0.05, 0.1) is 11.3 Å². The van der Waals surface area contributed by atoms with Crippen molar-refractivity contribution in [1.29, 1.82) is 0 Å². The average molecular weight is 411 g/mol. The van der Waals surface area contributed by atoms with Crippen LogP contribution in [0.4, 0.5) is 0 Å². The maximum atomic E-state index is 13.9. The van der Waals surface area contributed by atoms with Gasteiger partial charge in [-0.25, -0.2) is 4.98 Å². The van der Waals surface area contributed by atoms with Crippen molar-refractivity contribution in [3.8, 4) is 11.3 Å². The molecule has 0 unspecified atom stereocenters. The molecule has 0 atom stereocenters. The first-order chi connectivity index (χ1) is 14.2. The van der Waals surface area contributed by atoms with Crippen molar-refractivity contribution >= 4 is 11.8 Å². The summed E-state index contributed by atoms with van der Waals surface area (Å²) < 4.78 is 2.00. The molecular weight excluding hydrogens is 376 g/mol. The van der Waals surface area contributed by atoms with E-state index in [0.717, 1.165) is 54.4 Å². The summed E-state index contributed by atoms with van der Waals surface area (Å²) in [5.74, 6) is 1.04. The third-order valence-electron chi connectivity index (χ3n) is 6.70. The van der Waals surface area contributed by atoms with Gasteiger partial charge in [-0.1, -0.05) is 82.0 Å². The van der Waals surface area contributed by atoms with Gasteiger partial charge in [0.1, 0.15) is 0 Å². The van der Waals surface area contributed by atoms with Crippen molar-refractivity contribution in [2.24, 2.45) is 0 Å². The molecule has 0 radical (unpaired) electrons. The number of rotatable bonds is 7. The van der Waals surface area contributed by atoms with Crippen LogP contribution in [0.5, 0.6) is 0 Å². The van der Waals surface area contributed by atoms with Gasteiger partial charge in [-0.2, -0.15) is 0 Å². The molecule has 1 heterocycles. The lowest BCUT2D eigenvalue weighted by atomic mass is 9.62. The Bertz CT molecular complexity index is 912. The van der Waals surface area contributed by atoms with E-state index in [1.54, 1.807) is 11.8 Å². The minimum absolute atomic E-state index is 0.00703. The van der Waals surface area contributed by atoms with Crippen molar-refractivity contribution < 1.29 is 0 Å².